The monoisotopic (exact) mass is 348 g/mol. The average molecular weight is 350 g/mol. The van der Waals surface area contributed by atoms with Crippen LogP contribution in [0.3, 0.4) is 0 Å². The van der Waals surface area contributed by atoms with Gasteiger partial charge in [0.05, 0.1) is 8.61 Å². The van der Waals surface area contributed by atoms with Crippen LogP contribution in [0.25, 0.3) is 0 Å². The topological polar surface area (TPSA) is 13.1 Å². The second kappa shape index (κ2) is 4.44. The van der Waals surface area contributed by atoms with Crippen molar-refractivity contribution < 1.29 is 4.42 Å². The first-order valence-electron chi connectivity index (χ1n) is 4.54. The van der Waals surface area contributed by atoms with Gasteiger partial charge in [0.1, 0.15) is 11.5 Å². The summed E-state index contributed by atoms with van der Waals surface area (Å²) in [6.45, 7) is 4.08. The van der Waals surface area contributed by atoms with E-state index in [9.17, 15) is 0 Å². The molecule has 0 radical (unpaired) electrons. The van der Waals surface area contributed by atoms with Crippen LogP contribution in [-0.2, 0) is 0 Å². The SMILES string of the molecule is Cc1ccc(C(Br)c2cc(Br)sc2C)o1. The van der Waals surface area contributed by atoms with Gasteiger partial charge in [0.25, 0.3) is 0 Å². The molecule has 0 aliphatic heterocycles. The number of thiophene rings is 1. The lowest BCUT2D eigenvalue weighted by Crippen LogP contribution is -1.89. The number of alkyl halides is 1. The Balaban J connectivity index is 2.35. The summed E-state index contributed by atoms with van der Waals surface area (Å²) in [5.74, 6) is 1.90. The van der Waals surface area contributed by atoms with Gasteiger partial charge in [0.15, 0.2) is 0 Å². The van der Waals surface area contributed by atoms with E-state index >= 15 is 0 Å². The summed E-state index contributed by atoms with van der Waals surface area (Å²) in [6, 6.07) is 6.14. The van der Waals surface area contributed by atoms with E-state index in [-0.39, 0.29) is 4.83 Å². The summed E-state index contributed by atoms with van der Waals surface area (Å²) in [6.07, 6.45) is 0. The zero-order valence-corrected chi connectivity index (χ0v) is 12.4. The van der Waals surface area contributed by atoms with Crippen LogP contribution in [-0.4, -0.2) is 0 Å². The van der Waals surface area contributed by atoms with Crippen LogP contribution in [0.5, 0.6) is 0 Å². The molecule has 2 aromatic heterocycles. The third-order valence-corrected chi connectivity index (χ3v) is 4.72. The van der Waals surface area contributed by atoms with Gasteiger partial charge in [-0.15, -0.1) is 11.3 Å². The molecule has 1 atom stereocenters. The molecule has 0 aliphatic carbocycles. The zero-order valence-electron chi connectivity index (χ0n) is 8.38. The van der Waals surface area contributed by atoms with Crippen molar-refractivity contribution in [3.8, 4) is 0 Å². The molecule has 4 heteroatoms. The Bertz CT molecular complexity index is 473. The standard InChI is InChI=1S/C11H10Br2OS/c1-6-3-4-9(14-6)11(13)8-5-10(12)15-7(8)2/h3-5,11H,1-2H3. The van der Waals surface area contributed by atoms with Gasteiger partial charge in [-0.3, -0.25) is 0 Å². The maximum absolute atomic E-state index is 5.61. The Morgan fingerprint density at radius 3 is 2.53 bits per heavy atom. The fourth-order valence-electron chi connectivity index (χ4n) is 1.45. The minimum absolute atomic E-state index is 0.147. The molecule has 0 fully saturated rings. The third-order valence-electron chi connectivity index (χ3n) is 2.21. The maximum atomic E-state index is 5.61. The highest BCUT2D eigenvalue weighted by Gasteiger charge is 2.18. The van der Waals surface area contributed by atoms with Crippen LogP contribution >= 0.6 is 43.2 Å². The highest BCUT2D eigenvalue weighted by molar-refractivity contribution is 9.11. The molecule has 0 aliphatic rings. The molecule has 1 nitrogen and oxygen atoms in total. The van der Waals surface area contributed by atoms with Crippen molar-refractivity contribution in [2.24, 2.45) is 0 Å². The molecule has 2 rings (SSSR count). The molecule has 2 aromatic rings. The molecule has 80 valence electrons. The summed E-state index contributed by atoms with van der Waals surface area (Å²) in [7, 11) is 0. The van der Waals surface area contributed by atoms with Crippen molar-refractivity contribution in [2.75, 3.05) is 0 Å². The number of rotatable bonds is 2. The molecule has 0 aromatic carbocycles. The number of hydrogen-bond donors (Lipinski definition) is 0. The van der Waals surface area contributed by atoms with E-state index in [4.69, 9.17) is 4.42 Å². The Morgan fingerprint density at radius 2 is 2.07 bits per heavy atom. The Hall–Kier alpha value is -0.0600. The molecule has 0 saturated heterocycles. The van der Waals surface area contributed by atoms with Gasteiger partial charge in [-0.1, -0.05) is 15.9 Å². The van der Waals surface area contributed by atoms with Gasteiger partial charge in [-0.25, -0.2) is 0 Å². The lowest BCUT2D eigenvalue weighted by atomic mass is 10.1. The van der Waals surface area contributed by atoms with E-state index in [2.05, 4.69) is 44.8 Å². The first-order chi connectivity index (χ1) is 7.08. The van der Waals surface area contributed by atoms with Crippen molar-refractivity contribution in [3.05, 3.63) is 43.9 Å². The first-order valence-corrected chi connectivity index (χ1v) is 7.06. The van der Waals surface area contributed by atoms with Crippen LogP contribution < -0.4 is 0 Å². The first kappa shape index (κ1) is 11.4. The molecule has 0 N–H and O–H groups in total. The Kier molecular flexibility index (Phi) is 3.38. The van der Waals surface area contributed by atoms with E-state index in [0.29, 0.717) is 0 Å². The van der Waals surface area contributed by atoms with E-state index < -0.39 is 0 Å². The van der Waals surface area contributed by atoms with Crippen molar-refractivity contribution in [2.45, 2.75) is 18.7 Å². The van der Waals surface area contributed by atoms with Crippen molar-refractivity contribution in [3.63, 3.8) is 0 Å². The largest absolute Gasteiger partial charge is 0.465 e. The van der Waals surface area contributed by atoms with Gasteiger partial charge in [0, 0.05) is 4.88 Å². The van der Waals surface area contributed by atoms with E-state index in [1.54, 1.807) is 11.3 Å². The van der Waals surface area contributed by atoms with Gasteiger partial charge >= 0.3 is 0 Å². The highest BCUT2D eigenvalue weighted by atomic mass is 79.9. The second-order valence-corrected chi connectivity index (χ2v) is 6.92. The highest BCUT2D eigenvalue weighted by Crippen LogP contribution is 2.38. The van der Waals surface area contributed by atoms with Crippen molar-refractivity contribution >= 4 is 43.2 Å². The molecular formula is C11H10Br2OS. The van der Waals surface area contributed by atoms with Gasteiger partial charge in [-0.05, 0) is 53.5 Å². The molecule has 2 heterocycles. The van der Waals surface area contributed by atoms with Crippen LogP contribution in [0.4, 0.5) is 0 Å². The molecule has 0 spiro atoms. The summed E-state index contributed by atoms with van der Waals surface area (Å²) in [5.41, 5.74) is 1.27. The van der Waals surface area contributed by atoms with Crippen LogP contribution in [0.2, 0.25) is 0 Å². The fraction of sp³-hybridized carbons (Fsp3) is 0.273. The third kappa shape index (κ3) is 2.37. The molecule has 0 amide bonds. The lowest BCUT2D eigenvalue weighted by molar-refractivity contribution is 0.492. The minimum atomic E-state index is 0.147. The molecular weight excluding hydrogens is 340 g/mol. The Labute approximate surface area is 110 Å². The number of hydrogen-bond acceptors (Lipinski definition) is 2. The molecule has 1 unspecified atom stereocenters. The second-order valence-electron chi connectivity index (χ2n) is 3.37. The smallest absolute Gasteiger partial charge is 0.122 e. The Morgan fingerprint density at radius 1 is 1.33 bits per heavy atom. The maximum Gasteiger partial charge on any atom is 0.122 e. The summed E-state index contributed by atoms with van der Waals surface area (Å²) >= 11 is 8.90. The molecule has 0 bridgehead atoms. The molecule has 15 heavy (non-hydrogen) atoms. The zero-order chi connectivity index (χ0) is 11.0. The predicted molar refractivity (Wildman–Crippen MR) is 71.0 cm³/mol. The van der Waals surface area contributed by atoms with Crippen molar-refractivity contribution in [1.82, 2.24) is 0 Å². The number of halogens is 2. The van der Waals surface area contributed by atoms with E-state index in [0.717, 1.165) is 15.3 Å². The summed E-state index contributed by atoms with van der Waals surface area (Å²) in [4.78, 5) is 1.45. The van der Waals surface area contributed by atoms with Crippen LogP contribution in [0.1, 0.15) is 26.8 Å². The summed E-state index contributed by atoms with van der Waals surface area (Å²) < 4.78 is 6.76. The van der Waals surface area contributed by atoms with Crippen molar-refractivity contribution in [1.29, 1.82) is 0 Å². The number of aryl methyl sites for hydroxylation is 2. The van der Waals surface area contributed by atoms with Crippen LogP contribution in [0.15, 0.2) is 26.4 Å². The van der Waals surface area contributed by atoms with Gasteiger partial charge < -0.3 is 4.42 Å². The lowest BCUT2D eigenvalue weighted by Gasteiger charge is -2.05. The average Bonchev–Trinajstić information content (AvgIpc) is 2.71. The number of furan rings is 1. The minimum Gasteiger partial charge on any atom is -0.465 e. The summed E-state index contributed by atoms with van der Waals surface area (Å²) in [5, 5.41) is 0. The van der Waals surface area contributed by atoms with E-state index in [1.165, 1.54) is 10.4 Å². The quantitative estimate of drug-likeness (QED) is 0.678. The van der Waals surface area contributed by atoms with Gasteiger partial charge in [0.2, 0.25) is 0 Å². The predicted octanol–water partition coefficient (Wildman–Crippen LogP) is 5.20. The molecule has 0 saturated carbocycles. The van der Waals surface area contributed by atoms with E-state index in [1.807, 2.05) is 19.1 Å². The fourth-order valence-corrected chi connectivity index (χ4v) is 4.07. The normalized spacial score (nSPS) is 13.1. The van der Waals surface area contributed by atoms with Crippen LogP contribution in [0, 0.1) is 13.8 Å². The van der Waals surface area contributed by atoms with Gasteiger partial charge in [-0.2, -0.15) is 0 Å².